The summed E-state index contributed by atoms with van der Waals surface area (Å²) in [6.45, 7) is 3.77. The maximum Gasteiger partial charge on any atom is 0.259 e. The van der Waals surface area contributed by atoms with Crippen LogP contribution in [0.4, 0.5) is 0 Å². The molecule has 2 fully saturated rings. The highest BCUT2D eigenvalue weighted by molar-refractivity contribution is 5.95. The highest BCUT2D eigenvalue weighted by Crippen LogP contribution is 2.47. The van der Waals surface area contributed by atoms with E-state index in [0.717, 1.165) is 23.9 Å². The molecule has 1 aliphatic carbocycles. The zero-order valence-electron chi connectivity index (χ0n) is 14.6. The largest absolute Gasteiger partial charge is 0.377 e. The van der Waals surface area contributed by atoms with Crippen molar-refractivity contribution in [1.29, 1.82) is 0 Å². The van der Waals surface area contributed by atoms with Gasteiger partial charge in [-0.1, -0.05) is 12.1 Å². The molecule has 134 valence electrons. The monoisotopic (exact) mass is 345 g/mol. The predicted octanol–water partition coefficient (Wildman–Crippen LogP) is 1.77. The Balaban J connectivity index is 1.55. The molecule has 1 saturated carbocycles. The van der Waals surface area contributed by atoms with Gasteiger partial charge >= 0.3 is 0 Å². The molecule has 0 aromatic carbocycles. The first-order valence-corrected chi connectivity index (χ1v) is 8.83. The van der Waals surface area contributed by atoms with Gasteiger partial charge in [-0.3, -0.25) is 9.89 Å². The lowest BCUT2D eigenvalue weighted by Gasteiger charge is -2.15. The average Bonchev–Trinajstić information content (AvgIpc) is 3.05. The van der Waals surface area contributed by atoms with E-state index in [9.17, 15) is 4.79 Å². The molecule has 2 atom stereocenters. The summed E-state index contributed by atoms with van der Waals surface area (Å²) >= 11 is 0. The predicted molar refractivity (Wildman–Crippen MR) is 87.8 cm³/mol. The van der Waals surface area contributed by atoms with Crippen LogP contribution in [0.5, 0.6) is 0 Å². The third kappa shape index (κ3) is 3.06. The second-order valence-corrected chi connectivity index (χ2v) is 6.92. The zero-order chi connectivity index (χ0) is 17.4. The number of hydrogen-bond donors (Lipinski definition) is 1. The van der Waals surface area contributed by atoms with Gasteiger partial charge in [0.05, 0.1) is 5.69 Å². The minimum absolute atomic E-state index is 0.00102. The highest BCUT2D eigenvalue weighted by atomic mass is 16.5. The number of carbonyl (C=O) groups excluding carboxylic acids is 1. The van der Waals surface area contributed by atoms with Crippen LogP contribution < -0.4 is 0 Å². The van der Waals surface area contributed by atoms with Gasteiger partial charge in [-0.2, -0.15) is 5.10 Å². The summed E-state index contributed by atoms with van der Waals surface area (Å²) in [6, 6.07) is 0. The summed E-state index contributed by atoms with van der Waals surface area (Å²) in [4.78, 5) is 19.4. The smallest absolute Gasteiger partial charge is 0.259 e. The van der Waals surface area contributed by atoms with Crippen LogP contribution in [0.3, 0.4) is 0 Å². The van der Waals surface area contributed by atoms with Crippen LogP contribution in [-0.4, -0.2) is 51.3 Å². The van der Waals surface area contributed by atoms with Crippen molar-refractivity contribution < 1.29 is 14.1 Å². The molecule has 0 unspecified atom stereocenters. The quantitative estimate of drug-likeness (QED) is 0.857. The number of likely N-dealkylation sites (tertiary alicyclic amines) is 1. The fraction of sp³-hybridized carbons (Fsp3) is 0.647. The molecule has 4 rings (SSSR count). The molecule has 1 amide bonds. The molecule has 2 aliphatic rings. The van der Waals surface area contributed by atoms with Gasteiger partial charge in [0.2, 0.25) is 0 Å². The van der Waals surface area contributed by atoms with Crippen molar-refractivity contribution in [3.05, 3.63) is 29.2 Å². The van der Waals surface area contributed by atoms with E-state index in [1.807, 2.05) is 11.8 Å². The number of carbonyl (C=O) groups is 1. The molecule has 25 heavy (non-hydrogen) atoms. The van der Waals surface area contributed by atoms with Crippen molar-refractivity contribution in [2.45, 2.75) is 38.7 Å². The van der Waals surface area contributed by atoms with Crippen LogP contribution in [0.25, 0.3) is 0 Å². The topological polar surface area (TPSA) is 97.1 Å². The maximum absolute atomic E-state index is 12.9. The number of aromatic amines is 1. The van der Waals surface area contributed by atoms with Crippen LogP contribution in [-0.2, 0) is 17.8 Å². The SMILES string of the molecule is CCc1nocc1C(=O)N1C[C@H](c2n[nH]c(COC)n2)[C@@H](C2CC2)C1. The van der Waals surface area contributed by atoms with E-state index in [0.29, 0.717) is 37.0 Å². The molecule has 8 heteroatoms. The van der Waals surface area contributed by atoms with E-state index in [2.05, 4.69) is 20.3 Å². The van der Waals surface area contributed by atoms with Crippen molar-refractivity contribution in [3.63, 3.8) is 0 Å². The molecule has 0 bridgehead atoms. The number of hydrogen-bond acceptors (Lipinski definition) is 6. The summed E-state index contributed by atoms with van der Waals surface area (Å²) in [5, 5.41) is 11.2. The number of aromatic nitrogens is 4. The molecule has 2 aromatic rings. The Morgan fingerprint density at radius 1 is 1.44 bits per heavy atom. The Labute approximate surface area is 145 Å². The van der Waals surface area contributed by atoms with E-state index in [1.54, 1.807) is 7.11 Å². The van der Waals surface area contributed by atoms with E-state index in [1.165, 1.54) is 19.1 Å². The molecule has 1 saturated heterocycles. The van der Waals surface area contributed by atoms with Crippen LogP contribution in [0.15, 0.2) is 10.8 Å². The Hall–Kier alpha value is -2.22. The van der Waals surface area contributed by atoms with E-state index < -0.39 is 0 Å². The van der Waals surface area contributed by atoms with Crippen molar-refractivity contribution in [2.75, 3.05) is 20.2 Å². The van der Waals surface area contributed by atoms with Crippen molar-refractivity contribution in [3.8, 4) is 0 Å². The number of H-pyrrole nitrogens is 1. The minimum atomic E-state index is -0.00102. The van der Waals surface area contributed by atoms with Crippen LogP contribution in [0, 0.1) is 11.8 Å². The Morgan fingerprint density at radius 2 is 2.28 bits per heavy atom. The molecular formula is C17H23N5O3. The lowest BCUT2D eigenvalue weighted by molar-refractivity contribution is 0.0783. The summed E-state index contributed by atoms with van der Waals surface area (Å²) in [7, 11) is 1.63. The van der Waals surface area contributed by atoms with Crippen LogP contribution in [0.2, 0.25) is 0 Å². The molecule has 1 N–H and O–H groups in total. The van der Waals surface area contributed by atoms with E-state index in [4.69, 9.17) is 9.26 Å². The molecule has 0 spiro atoms. The normalized spacial score (nSPS) is 23.4. The highest BCUT2D eigenvalue weighted by Gasteiger charge is 2.46. The van der Waals surface area contributed by atoms with Gasteiger partial charge in [-0.25, -0.2) is 4.98 Å². The average molecular weight is 345 g/mol. The standard InChI is InChI=1S/C17H23N5O3/c1-3-14-13(8-25-21-14)17(23)22-6-11(10-4-5-10)12(7-22)16-18-15(9-24-2)19-20-16/h8,10-12H,3-7,9H2,1-2H3,(H,18,19,20)/t11-,12+/m1/s1. The molecule has 3 heterocycles. The van der Waals surface area contributed by atoms with Gasteiger partial charge in [0.25, 0.3) is 5.91 Å². The van der Waals surface area contributed by atoms with Crippen LogP contribution >= 0.6 is 0 Å². The van der Waals surface area contributed by atoms with Gasteiger partial charge in [-0.05, 0) is 31.1 Å². The summed E-state index contributed by atoms with van der Waals surface area (Å²) in [6.07, 6.45) is 4.60. The van der Waals surface area contributed by atoms with Gasteiger partial charge in [0.1, 0.15) is 18.4 Å². The number of amides is 1. The lowest BCUT2D eigenvalue weighted by Crippen LogP contribution is -2.29. The van der Waals surface area contributed by atoms with E-state index in [-0.39, 0.29) is 11.8 Å². The third-order valence-electron chi connectivity index (χ3n) is 5.25. The molecule has 1 aliphatic heterocycles. The molecular weight excluding hydrogens is 322 g/mol. The lowest BCUT2D eigenvalue weighted by atomic mass is 9.91. The number of aryl methyl sites for hydroxylation is 1. The Bertz CT molecular complexity index is 751. The van der Waals surface area contributed by atoms with E-state index >= 15 is 0 Å². The number of rotatable bonds is 6. The Morgan fingerprint density at radius 3 is 3.00 bits per heavy atom. The molecule has 2 aromatic heterocycles. The van der Waals surface area contributed by atoms with Crippen molar-refractivity contribution >= 4 is 5.91 Å². The number of ether oxygens (including phenoxy) is 1. The first-order valence-electron chi connectivity index (χ1n) is 8.83. The maximum atomic E-state index is 12.9. The second-order valence-electron chi connectivity index (χ2n) is 6.92. The second kappa shape index (κ2) is 6.59. The fourth-order valence-electron chi connectivity index (χ4n) is 3.81. The number of methoxy groups -OCH3 is 1. The van der Waals surface area contributed by atoms with Crippen LogP contribution in [0.1, 0.15) is 53.4 Å². The number of nitrogens with one attached hydrogen (secondary N) is 1. The summed E-state index contributed by atoms with van der Waals surface area (Å²) in [5.41, 5.74) is 1.30. The first-order chi connectivity index (χ1) is 12.2. The Kier molecular flexibility index (Phi) is 4.29. The molecule has 8 nitrogen and oxygen atoms in total. The van der Waals surface area contributed by atoms with Gasteiger partial charge < -0.3 is 14.2 Å². The minimum Gasteiger partial charge on any atom is -0.377 e. The van der Waals surface area contributed by atoms with Crippen molar-refractivity contribution in [2.24, 2.45) is 11.8 Å². The third-order valence-corrected chi connectivity index (χ3v) is 5.25. The summed E-state index contributed by atoms with van der Waals surface area (Å²) in [5.74, 6) is 2.77. The summed E-state index contributed by atoms with van der Waals surface area (Å²) < 4.78 is 10.1. The number of nitrogens with zero attached hydrogens (tertiary/aromatic N) is 4. The van der Waals surface area contributed by atoms with Gasteiger partial charge in [-0.15, -0.1) is 0 Å². The molecule has 0 radical (unpaired) electrons. The van der Waals surface area contributed by atoms with Gasteiger partial charge in [0, 0.05) is 26.1 Å². The zero-order valence-corrected chi connectivity index (χ0v) is 14.6. The van der Waals surface area contributed by atoms with Crippen molar-refractivity contribution in [1.82, 2.24) is 25.2 Å². The first kappa shape index (κ1) is 16.3. The van der Waals surface area contributed by atoms with Gasteiger partial charge in [0.15, 0.2) is 11.6 Å². The fourth-order valence-corrected chi connectivity index (χ4v) is 3.81.